The molecule has 0 atom stereocenters. The number of hydrogen-bond acceptors (Lipinski definition) is 12. The predicted octanol–water partition coefficient (Wildman–Crippen LogP) is 2.59. The topological polar surface area (TPSA) is 185 Å². The number of esters is 1. The number of carbonyl (C=O) groups is 3. The SMILES string of the molecule is Cc1nc(Nc2nc(-c3ccc(C(=O)O)cc3)cc(N3CCCN(C(=O)C#N)CC3)n2)sc1C(=O)OCC#N. The average Bonchev–Trinajstić information content (AvgIpc) is 3.13. The number of aryl methyl sites for hydroxylation is 1. The van der Waals surface area contributed by atoms with Crippen molar-refractivity contribution in [1.29, 1.82) is 10.5 Å². The zero-order valence-electron chi connectivity index (χ0n) is 20.7. The standard InChI is InChI=1S/C25H22N8O5S/c1-15-21(23(37)38-12-7-26)39-25(28-15)31-24-29-18(16-3-5-17(6-4-16)22(35)36)13-19(30-24)32-8-2-9-33(11-10-32)20(34)14-27/h3-6,13H,2,8-12H2,1H3,(H,35,36)(H,28,29,30,31). The molecule has 0 aliphatic carbocycles. The molecule has 198 valence electrons. The summed E-state index contributed by atoms with van der Waals surface area (Å²) >= 11 is 1.03. The van der Waals surface area contributed by atoms with E-state index in [9.17, 15) is 19.5 Å². The lowest BCUT2D eigenvalue weighted by Gasteiger charge is -2.23. The van der Waals surface area contributed by atoms with Gasteiger partial charge in [0.2, 0.25) is 5.95 Å². The van der Waals surface area contributed by atoms with Crippen molar-refractivity contribution in [3.8, 4) is 23.4 Å². The van der Waals surface area contributed by atoms with Gasteiger partial charge in [0.15, 0.2) is 17.8 Å². The van der Waals surface area contributed by atoms with Gasteiger partial charge in [0, 0.05) is 37.8 Å². The van der Waals surface area contributed by atoms with Crippen molar-refractivity contribution in [3.05, 3.63) is 46.5 Å². The molecule has 1 amide bonds. The second-order valence-corrected chi connectivity index (χ2v) is 9.35. The third kappa shape index (κ3) is 6.44. The van der Waals surface area contributed by atoms with Crippen LogP contribution >= 0.6 is 11.3 Å². The molecular formula is C25H22N8O5S. The van der Waals surface area contributed by atoms with Crippen LogP contribution in [0.2, 0.25) is 0 Å². The zero-order valence-corrected chi connectivity index (χ0v) is 21.6. The number of aromatic carboxylic acids is 1. The van der Waals surface area contributed by atoms with E-state index in [0.717, 1.165) is 11.3 Å². The number of carbonyl (C=O) groups excluding carboxylic acids is 2. The number of hydrogen-bond donors (Lipinski definition) is 2. The maximum absolute atomic E-state index is 12.2. The lowest BCUT2D eigenvalue weighted by Crippen LogP contribution is -2.34. The lowest BCUT2D eigenvalue weighted by molar-refractivity contribution is -0.125. The number of thiazole rings is 1. The predicted molar refractivity (Wildman–Crippen MR) is 139 cm³/mol. The van der Waals surface area contributed by atoms with Gasteiger partial charge in [0.25, 0.3) is 0 Å². The number of carboxylic acid groups (broad SMARTS) is 1. The van der Waals surface area contributed by atoms with Crippen molar-refractivity contribution in [2.45, 2.75) is 13.3 Å². The number of carboxylic acids is 1. The molecule has 0 unspecified atom stereocenters. The van der Waals surface area contributed by atoms with Crippen LogP contribution in [0, 0.1) is 29.6 Å². The van der Waals surface area contributed by atoms with Gasteiger partial charge < -0.3 is 19.6 Å². The van der Waals surface area contributed by atoms with E-state index < -0.39 is 17.8 Å². The van der Waals surface area contributed by atoms with Gasteiger partial charge in [0.1, 0.15) is 16.8 Å². The molecule has 13 nitrogen and oxygen atoms in total. The highest BCUT2D eigenvalue weighted by atomic mass is 32.1. The molecule has 1 fully saturated rings. The molecule has 1 aromatic carbocycles. The van der Waals surface area contributed by atoms with Crippen LogP contribution in [0.4, 0.5) is 16.9 Å². The fraction of sp³-hybridized carbons (Fsp3) is 0.280. The van der Waals surface area contributed by atoms with Crippen LogP contribution in [0.1, 0.15) is 32.1 Å². The molecule has 3 aromatic rings. The number of aromatic nitrogens is 3. The van der Waals surface area contributed by atoms with Gasteiger partial charge in [-0.25, -0.2) is 19.6 Å². The first-order valence-electron chi connectivity index (χ1n) is 11.7. The molecule has 2 N–H and O–H groups in total. The van der Waals surface area contributed by atoms with Gasteiger partial charge in [0.05, 0.1) is 17.0 Å². The summed E-state index contributed by atoms with van der Waals surface area (Å²) in [6.07, 6.45) is 0.628. The van der Waals surface area contributed by atoms with E-state index in [-0.39, 0.29) is 23.0 Å². The van der Waals surface area contributed by atoms with Crippen molar-refractivity contribution in [2.75, 3.05) is 43.0 Å². The van der Waals surface area contributed by atoms with E-state index in [4.69, 9.17) is 15.3 Å². The molecule has 1 aliphatic rings. The van der Waals surface area contributed by atoms with E-state index in [1.807, 2.05) is 4.90 Å². The van der Waals surface area contributed by atoms with Gasteiger partial charge in [-0.1, -0.05) is 23.5 Å². The Morgan fingerprint density at radius 3 is 2.56 bits per heavy atom. The maximum Gasteiger partial charge on any atom is 0.351 e. The number of nitriles is 2. The van der Waals surface area contributed by atoms with E-state index in [1.165, 1.54) is 17.0 Å². The molecule has 1 aliphatic heterocycles. The average molecular weight is 547 g/mol. The second-order valence-electron chi connectivity index (χ2n) is 8.35. The van der Waals surface area contributed by atoms with E-state index >= 15 is 0 Å². The zero-order chi connectivity index (χ0) is 27.9. The summed E-state index contributed by atoms with van der Waals surface area (Å²) in [7, 11) is 0. The van der Waals surface area contributed by atoms with Gasteiger partial charge >= 0.3 is 17.8 Å². The summed E-state index contributed by atoms with van der Waals surface area (Å²) in [4.78, 5) is 52.7. The Hall–Kier alpha value is -5.08. The van der Waals surface area contributed by atoms with E-state index in [0.29, 0.717) is 60.5 Å². The molecule has 0 bridgehead atoms. The molecular weight excluding hydrogens is 524 g/mol. The molecule has 0 spiro atoms. The largest absolute Gasteiger partial charge is 0.478 e. The quantitative estimate of drug-likeness (QED) is 0.326. The highest BCUT2D eigenvalue weighted by Gasteiger charge is 2.22. The molecule has 2 aromatic heterocycles. The smallest absolute Gasteiger partial charge is 0.351 e. The Kier molecular flexibility index (Phi) is 8.28. The number of benzene rings is 1. The summed E-state index contributed by atoms with van der Waals surface area (Å²) in [6, 6.07) is 11.4. The number of amides is 1. The van der Waals surface area contributed by atoms with Crippen LogP contribution in [0.5, 0.6) is 0 Å². The monoisotopic (exact) mass is 546 g/mol. The summed E-state index contributed by atoms with van der Waals surface area (Å²) in [5.74, 6) is -1.54. The minimum Gasteiger partial charge on any atom is -0.478 e. The summed E-state index contributed by atoms with van der Waals surface area (Å²) < 4.78 is 4.88. The Bertz CT molecular complexity index is 1490. The molecule has 0 radical (unpaired) electrons. The van der Waals surface area contributed by atoms with Crippen molar-refractivity contribution < 1.29 is 24.2 Å². The lowest BCUT2D eigenvalue weighted by atomic mass is 10.1. The van der Waals surface area contributed by atoms with Crippen LogP contribution in [0.25, 0.3) is 11.3 Å². The fourth-order valence-corrected chi connectivity index (χ4v) is 4.76. The van der Waals surface area contributed by atoms with Gasteiger partial charge in [-0.3, -0.25) is 10.1 Å². The van der Waals surface area contributed by atoms with Crippen molar-refractivity contribution in [3.63, 3.8) is 0 Å². The third-order valence-corrected chi connectivity index (χ3v) is 6.86. The molecule has 3 heterocycles. The summed E-state index contributed by atoms with van der Waals surface area (Å²) in [5.41, 5.74) is 1.71. The van der Waals surface area contributed by atoms with Crippen molar-refractivity contribution >= 4 is 46.1 Å². The second kappa shape index (κ2) is 12.0. The number of nitrogens with zero attached hydrogens (tertiary/aromatic N) is 7. The number of anilines is 3. The Morgan fingerprint density at radius 2 is 1.87 bits per heavy atom. The van der Waals surface area contributed by atoms with Crippen LogP contribution in [0.15, 0.2) is 30.3 Å². The number of ether oxygens (including phenoxy) is 1. The van der Waals surface area contributed by atoms with Gasteiger partial charge in [-0.2, -0.15) is 15.5 Å². The first-order chi connectivity index (χ1) is 18.8. The van der Waals surface area contributed by atoms with Crippen LogP contribution in [0.3, 0.4) is 0 Å². The van der Waals surface area contributed by atoms with E-state index in [2.05, 4.69) is 20.3 Å². The minimum absolute atomic E-state index is 0.134. The van der Waals surface area contributed by atoms with Crippen LogP contribution < -0.4 is 10.2 Å². The summed E-state index contributed by atoms with van der Waals surface area (Å²) in [6.45, 7) is 3.08. The maximum atomic E-state index is 12.2. The molecule has 0 saturated carbocycles. The fourth-order valence-electron chi connectivity index (χ4n) is 3.90. The van der Waals surface area contributed by atoms with Gasteiger partial charge in [-0.05, 0) is 25.5 Å². The molecule has 4 rings (SSSR count). The molecule has 1 saturated heterocycles. The number of nitrogens with one attached hydrogen (secondary N) is 1. The Morgan fingerprint density at radius 1 is 1.10 bits per heavy atom. The normalized spacial score (nSPS) is 13.1. The van der Waals surface area contributed by atoms with Crippen molar-refractivity contribution in [1.82, 2.24) is 19.9 Å². The Labute approximate surface area is 226 Å². The van der Waals surface area contributed by atoms with Gasteiger partial charge in [-0.15, -0.1) is 0 Å². The van der Waals surface area contributed by atoms with Crippen LogP contribution in [-0.4, -0.2) is 75.6 Å². The highest BCUT2D eigenvalue weighted by molar-refractivity contribution is 7.17. The first kappa shape index (κ1) is 27.0. The first-order valence-corrected chi connectivity index (χ1v) is 12.6. The molecule has 14 heteroatoms. The van der Waals surface area contributed by atoms with E-state index in [1.54, 1.807) is 37.3 Å². The third-order valence-electron chi connectivity index (χ3n) is 5.81. The summed E-state index contributed by atoms with van der Waals surface area (Å²) in [5, 5.41) is 30.3. The minimum atomic E-state index is -1.04. The van der Waals surface area contributed by atoms with Crippen LogP contribution in [-0.2, 0) is 9.53 Å². The van der Waals surface area contributed by atoms with Crippen molar-refractivity contribution in [2.24, 2.45) is 0 Å². The highest BCUT2D eigenvalue weighted by Crippen LogP contribution is 2.29. The Balaban J connectivity index is 1.67. The number of rotatable bonds is 7. The molecule has 39 heavy (non-hydrogen) atoms.